The highest BCUT2D eigenvalue weighted by atomic mass is 32.1. The van der Waals surface area contributed by atoms with Crippen LogP contribution >= 0.6 is 22.7 Å². The molecule has 286 valence electrons. The van der Waals surface area contributed by atoms with Crippen molar-refractivity contribution in [1.29, 1.82) is 0 Å². The van der Waals surface area contributed by atoms with E-state index in [0.717, 1.165) is 86.6 Å². The molecule has 0 radical (unpaired) electrons. The zero-order valence-corrected chi connectivity index (χ0v) is 33.9. The molecular weight excluding hydrogens is 773 g/mol. The van der Waals surface area contributed by atoms with Crippen LogP contribution in [0.1, 0.15) is 4.88 Å². The van der Waals surface area contributed by atoms with Crippen molar-refractivity contribution in [2.75, 3.05) is 4.90 Å². The second kappa shape index (κ2) is 17.1. The first kappa shape index (κ1) is 38.0. The van der Waals surface area contributed by atoms with Crippen LogP contribution in [0.5, 0.6) is 0 Å². The summed E-state index contributed by atoms with van der Waals surface area (Å²) in [4.78, 5) is 20.9. The molecule has 1 N–H and O–H groups in total. The van der Waals surface area contributed by atoms with E-state index in [1.807, 2.05) is 12.1 Å². The number of benzene rings is 7. The van der Waals surface area contributed by atoms with Crippen molar-refractivity contribution >= 4 is 51.8 Å². The second-order valence-electron chi connectivity index (χ2n) is 14.2. The quantitative estimate of drug-likeness (QED) is 0.105. The highest BCUT2D eigenvalue weighted by Crippen LogP contribution is 2.44. The molecule has 60 heavy (non-hydrogen) atoms. The molecule has 0 fully saturated rings. The average Bonchev–Trinajstić information content (AvgIpc) is 4.00. The maximum absolute atomic E-state index is 11.4. The van der Waals surface area contributed by atoms with Gasteiger partial charge >= 0.3 is 5.97 Å². The summed E-state index contributed by atoms with van der Waals surface area (Å²) < 4.78 is 0. The SMILES string of the molecule is [C-]#[N+]C(=Cc1ccc(-c2ccc(-c3ccc(N(c4cc(-c5ccccc5)cc(-c5ccccc5)c4)c4cc(-c5ccccc5)cc(-c5ccccc5)c4)cc3)s2)s1)C(=O)O. The summed E-state index contributed by atoms with van der Waals surface area (Å²) in [6.45, 7) is 7.21. The predicted octanol–water partition coefficient (Wildman–Crippen LogP) is 15.6. The van der Waals surface area contributed by atoms with Crippen molar-refractivity contribution in [2.45, 2.75) is 0 Å². The topological polar surface area (TPSA) is 44.9 Å². The molecule has 0 amide bonds. The van der Waals surface area contributed by atoms with Crippen LogP contribution < -0.4 is 4.90 Å². The fourth-order valence-corrected chi connectivity index (χ4v) is 9.40. The summed E-state index contributed by atoms with van der Waals surface area (Å²) in [5.74, 6) is -1.22. The standard InChI is InChI=1S/C54H36N2O2S2/c1-55-50(54(57)58)36-49-26-27-52(59-49)53-29-28-51(60-53)41-22-24-46(25-23-41)56(47-32-42(37-14-6-2-7-15-37)30-43(33-47)38-16-8-3-9-17-38)48-34-44(39-18-10-4-11-19-39)31-45(35-48)40-20-12-5-13-21-40/h2-36H,(H,57,58). The predicted molar refractivity (Wildman–Crippen MR) is 252 cm³/mol. The molecule has 0 atom stereocenters. The number of carboxylic acids is 1. The highest BCUT2D eigenvalue weighted by Gasteiger charge is 2.19. The highest BCUT2D eigenvalue weighted by molar-refractivity contribution is 7.24. The minimum Gasteiger partial charge on any atom is -0.486 e. The van der Waals surface area contributed by atoms with E-state index in [2.05, 4.69) is 204 Å². The van der Waals surface area contributed by atoms with Crippen molar-refractivity contribution in [2.24, 2.45) is 0 Å². The van der Waals surface area contributed by atoms with Gasteiger partial charge in [0.15, 0.2) is 0 Å². The minimum atomic E-state index is -1.22. The number of thiophene rings is 2. The number of carboxylic acid groups (broad SMARTS) is 1. The Bertz CT molecular complexity index is 2760. The second-order valence-corrected chi connectivity index (χ2v) is 16.4. The molecule has 6 heteroatoms. The molecule has 0 unspecified atom stereocenters. The summed E-state index contributed by atoms with van der Waals surface area (Å²) in [6, 6.07) is 72.9. The number of nitrogens with zero attached hydrogens (tertiary/aromatic N) is 2. The monoisotopic (exact) mass is 808 g/mol. The van der Waals surface area contributed by atoms with Gasteiger partial charge in [0.2, 0.25) is 0 Å². The molecule has 0 aliphatic carbocycles. The molecule has 9 rings (SSSR count). The zero-order valence-electron chi connectivity index (χ0n) is 32.3. The lowest BCUT2D eigenvalue weighted by Crippen LogP contribution is -2.11. The largest absolute Gasteiger partial charge is 0.486 e. The minimum absolute atomic E-state index is 0.296. The van der Waals surface area contributed by atoms with Crippen LogP contribution in [0, 0.1) is 6.57 Å². The van der Waals surface area contributed by atoms with Crippen LogP contribution in [0.3, 0.4) is 0 Å². The molecule has 4 nitrogen and oxygen atoms in total. The Morgan fingerprint density at radius 2 is 0.833 bits per heavy atom. The van der Waals surface area contributed by atoms with Gasteiger partial charge in [-0.1, -0.05) is 133 Å². The Morgan fingerprint density at radius 3 is 1.25 bits per heavy atom. The van der Waals surface area contributed by atoms with Crippen molar-refractivity contribution in [3.8, 4) is 64.7 Å². The van der Waals surface area contributed by atoms with E-state index in [-0.39, 0.29) is 5.70 Å². The van der Waals surface area contributed by atoms with Crippen molar-refractivity contribution in [1.82, 2.24) is 0 Å². The summed E-state index contributed by atoms with van der Waals surface area (Å²) in [7, 11) is 0. The molecule has 2 aromatic heterocycles. The van der Waals surface area contributed by atoms with Crippen molar-refractivity contribution in [3.63, 3.8) is 0 Å². The van der Waals surface area contributed by atoms with Crippen molar-refractivity contribution < 1.29 is 9.90 Å². The normalized spacial score (nSPS) is 11.2. The molecular formula is C54H36N2O2S2. The van der Waals surface area contributed by atoms with Gasteiger partial charge in [-0.15, -0.1) is 22.7 Å². The number of hydrogen-bond donors (Lipinski definition) is 1. The smallest absolute Gasteiger partial charge is 0.333 e. The molecule has 0 aliphatic heterocycles. The van der Waals surface area contributed by atoms with Gasteiger partial charge in [-0.2, -0.15) is 0 Å². The summed E-state index contributed by atoms with van der Waals surface area (Å²) in [5.41, 5.74) is 13.0. The Kier molecular flexibility index (Phi) is 10.8. The van der Waals surface area contributed by atoms with Crippen LogP contribution in [-0.4, -0.2) is 11.1 Å². The molecule has 7 aromatic carbocycles. The van der Waals surface area contributed by atoms with Crippen LogP contribution in [-0.2, 0) is 4.79 Å². The third-order valence-electron chi connectivity index (χ3n) is 10.3. The van der Waals surface area contributed by atoms with Gasteiger partial charge in [-0.3, -0.25) is 4.79 Å². The first-order valence-corrected chi connectivity index (χ1v) is 21.1. The molecule has 2 heterocycles. The average molecular weight is 809 g/mol. The fourth-order valence-electron chi connectivity index (χ4n) is 7.36. The van der Waals surface area contributed by atoms with E-state index in [0.29, 0.717) is 0 Å². The lowest BCUT2D eigenvalue weighted by Gasteiger charge is -2.28. The Hall–Kier alpha value is -7.56. The van der Waals surface area contributed by atoms with Gasteiger partial charge in [0.05, 0.1) is 6.57 Å². The molecule has 0 saturated carbocycles. The van der Waals surface area contributed by atoms with Gasteiger partial charge in [0.1, 0.15) is 0 Å². The first-order valence-electron chi connectivity index (χ1n) is 19.4. The lowest BCUT2D eigenvalue weighted by molar-refractivity contribution is -0.132. The maximum Gasteiger partial charge on any atom is 0.333 e. The van der Waals surface area contributed by atoms with Gasteiger partial charge in [0.25, 0.3) is 5.70 Å². The van der Waals surface area contributed by atoms with Gasteiger partial charge in [-0.25, -0.2) is 4.85 Å². The maximum atomic E-state index is 11.4. The third-order valence-corrected chi connectivity index (χ3v) is 12.6. The summed E-state index contributed by atoms with van der Waals surface area (Å²) in [5, 5.41) is 9.33. The lowest BCUT2D eigenvalue weighted by atomic mass is 9.95. The van der Waals surface area contributed by atoms with Crippen LogP contribution in [0.4, 0.5) is 17.1 Å². The molecule has 0 spiro atoms. The molecule has 0 saturated heterocycles. The van der Waals surface area contributed by atoms with E-state index >= 15 is 0 Å². The third kappa shape index (κ3) is 8.22. The molecule has 9 aromatic rings. The number of hydrogen-bond acceptors (Lipinski definition) is 4. The fraction of sp³-hybridized carbons (Fsp3) is 0. The number of aliphatic carboxylic acids is 1. The van der Waals surface area contributed by atoms with Gasteiger partial charge < -0.3 is 10.0 Å². The van der Waals surface area contributed by atoms with E-state index < -0.39 is 5.97 Å². The van der Waals surface area contributed by atoms with E-state index in [1.54, 1.807) is 11.3 Å². The Morgan fingerprint density at radius 1 is 0.433 bits per heavy atom. The van der Waals surface area contributed by atoms with Crippen LogP contribution in [0.25, 0.3) is 75.6 Å². The summed E-state index contributed by atoms with van der Waals surface area (Å²) in [6.07, 6.45) is 1.43. The molecule has 0 bridgehead atoms. The van der Waals surface area contributed by atoms with E-state index in [1.165, 1.54) is 17.4 Å². The first-order chi connectivity index (χ1) is 29.5. The van der Waals surface area contributed by atoms with E-state index in [9.17, 15) is 9.90 Å². The summed E-state index contributed by atoms with van der Waals surface area (Å²) >= 11 is 3.16. The van der Waals surface area contributed by atoms with Crippen LogP contribution in [0.2, 0.25) is 0 Å². The number of rotatable bonds is 11. The molecule has 0 aliphatic rings. The van der Waals surface area contributed by atoms with Gasteiger partial charge in [-0.05, 0) is 129 Å². The Balaban J connectivity index is 1.18. The number of anilines is 3. The van der Waals surface area contributed by atoms with Gasteiger partial charge in [0, 0.05) is 36.6 Å². The Labute approximate surface area is 357 Å². The zero-order chi connectivity index (χ0) is 40.8. The van der Waals surface area contributed by atoms with Crippen molar-refractivity contribution in [3.05, 3.63) is 228 Å². The van der Waals surface area contributed by atoms with E-state index in [4.69, 9.17) is 6.57 Å². The number of carbonyl (C=O) groups is 1. The van der Waals surface area contributed by atoms with Crippen LogP contribution in [0.15, 0.2) is 212 Å².